The van der Waals surface area contributed by atoms with E-state index in [1.54, 1.807) is 12.1 Å². The molecule has 0 amide bonds. The van der Waals surface area contributed by atoms with Crippen LogP contribution in [0.15, 0.2) is 48.7 Å². The zero-order chi connectivity index (χ0) is 16.2. The largest absolute Gasteiger partial charge is 0.354 e. The Kier molecular flexibility index (Phi) is 4.52. The molecular weight excluding hydrogens is 292 g/mol. The van der Waals surface area contributed by atoms with Crippen LogP contribution in [-0.2, 0) is 0 Å². The Morgan fingerprint density at radius 3 is 2.57 bits per heavy atom. The number of nitro groups is 1. The molecule has 0 unspecified atom stereocenters. The Balaban J connectivity index is 1.65. The summed E-state index contributed by atoms with van der Waals surface area (Å²) in [6.07, 6.45) is 1.81. The predicted octanol–water partition coefficient (Wildman–Crippen LogP) is 2.87. The van der Waals surface area contributed by atoms with Crippen LogP contribution < -0.4 is 4.90 Å². The minimum atomic E-state index is -0.338. The Bertz CT molecular complexity index is 669. The third kappa shape index (κ3) is 3.48. The van der Waals surface area contributed by atoms with Crippen LogP contribution in [0.4, 0.5) is 11.5 Å². The standard InChI is InChI=1S/C17H20N4O2/c1-14(15-5-4-6-16(13-15)21(22)23)19-9-11-20(12-10-19)17-7-2-3-8-18-17/h2-8,13-14H,9-12H2,1H3/t14-/m0/s1. The number of nitrogens with zero attached hydrogens (tertiary/aromatic N) is 4. The van der Waals surface area contributed by atoms with Crippen molar-refractivity contribution in [1.29, 1.82) is 0 Å². The molecule has 3 rings (SSSR count). The van der Waals surface area contributed by atoms with Crippen molar-refractivity contribution in [3.8, 4) is 0 Å². The fourth-order valence-electron chi connectivity index (χ4n) is 2.99. The molecule has 120 valence electrons. The topological polar surface area (TPSA) is 62.5 Å². The smallest absolute Gasteiger partial charge is 0.269 e. The molecule has 0 radical (unpaired) electrons. The summed E-state index contributed by atoms with van der Waals surface area (Å²) in [5, 5.41) is 10.9. The van der Waals surface area contributed by atoms with Crippen molar-refractivity contribution in [3.05, 3.63) is 64.3 Å². The van der Waals surface area contributed by atoms with Crippen LogP contribution in [0.5, 0.6) is 0 Å². The number of nitro benzene ring substituents is 1. The fourth-order valence-corrected chi connectivity index (χ4v) is 2.99. The molecule has 6 heteroatoms. The Morgan fingerprint density at radius 2 is 1.91 bits per heavy atom. The van der Waals surface area contributed by atoms with Gasteiger partial charge in [-0.15, -0.1) is 0 Å². The lowest BCUT2D eigenvalue weighted by molar-refractivity contribution is -0.384. The van der Waals surface area contributed by atoms with Gasteiger partial charge in [0.25, 0.3) is 5.69 Å². The van der Waals surface area contributed by atoms with Gasteiger partial charge in [-0.2, -0.15) is 0 Å². The molecule has 2 heterocycles. The molecule has 1 aliphatic rings. The van der Waals surface area contributed by atoms with Crippen LogP contribution in [0.1, 0.15) is 18.5 Å². The number of hydrogen-bond donors (Lipinski definition) is 0. The van der Waals surface area contributed by atoms with Crippen LogP contribution in [-0.4, -0.2) is 41.0 Å². The number of anilines is 1. The highest BCUT2D eigenvalue weighted by atomic mass is 16.6. The van der Waals surface area contributed by atoms with E-state index >= 15 is 0 Å². The first-order valence-corrected chi connectivity index (χ1v) is 7.79. The van der Waals surface area contributed by atoms with E-state index in [0.717, 1.165) is 37.6 Å². The molecule has 0 bridgehead atoms. The molecule has 1 aromatic heterocycles. The second-order valence-electron chi connectivity index (χ2n) is 5.74. The normalized spacial score (nSPS) is 17.0. The van der Waals surface area contributed by atoms with Crippen LogP contribution in [0, 0.1) is 10.1 Å². The summed E-state index contributed by atoms with van der Waals surface area (Å²) < 4.78 is 0. The number of aromatic nitrogens is 1. The van der Waals surface area contributed by atoms with E-state index in [9.17, 15) is 10.1 Å². The number of hydrogen-bond acceptors (Lipinski definition) is 5. The van der Waals surface area contributed by atoms with Gasteiger partial charge in [0, 0.05) is 50.6 Å². The zero-order valence-corrected chi connectivity index (χ0v) is 13.1. The maximum Gasteiger partial charge on any atom is 0.269 e. The summed E-state index contributed by atoms with van der Waals surface area (Å²) in [5.74, 6) is 1.01. The molecule has 0 N–H and O–H groups in total. The lowest BCUT2D eigenvalue weighted by Gasteiger charge is -2.38. The van der Waals surface area contributed by atoms with Crippen molar-refractivity contribution in [3.63, 3.8) is 0 Å². The van der Waals surface area contributed by atoms with Gasteiger partial charge in [0.1, 0.15) is 5.82 Å². The Morgan fingerprint density at radius 1 is 1.13 bits per heavy atom. The van der Waals surface area contributed by atoms with Crippen molar-refractivity contribution >= 4 is 11.5 Å². The van der Waals surface area contributed by atoms with Crippen LogP contribution in [0.2, 0.25) is 0 Å². The Labute approximate surface area is 135 Å². The third-order valence-corrected chi connectivity index (χ3v) is 4.40. The molecule has 0 aliphatic carbocycles. The van der Waals surface area contributed by atoms with Gasteiger partial charge in [0.15, 0.2) is 0 Å². The van der Waals surface area contributed by atoms with E-state index in [1.807, 2.05) is 30.5 Å². The van der Waals surface area contributed by atoms with E-state index in [4.69, 9.17) is 0 Å². The molecule has 6 nitrogen and oxygen atoms in total. The van der Waals surface area contributed by atoms with E-state index in [1.165, 1.54) is 6.07 Å². The predicted molar refractivity (Wildman–Crippen MR) is 89.5 cm³/mol. The molecular formula is C17H20N4O2. The second-order valence-corrected chi connectivity index (χ2v) is 5.74. The summed E-state index contributed by atoms with van der Waals surface area (Å²) >= 11 is 0. The van der Waals surface area contributed by atoms with Gasteiger partial charge in [0.05, 0.1) is 4.92 Å². The SMILES string of the molecule is C[C@@H](c1cccc([N+](=O)[O-])c1)N1CCN(c2ccccn2)CC1. The zero-order valence-electron chi connectivity index (χ0n) is 13.1. The summed E-state index contributed by atoms with van der Waals surface area (Å²) in [7, 11) is 0. The first kappa shape index (κ1) is 15.4. The molecule has 0 saturated carbocycles. The molecule has 1 saturated heterocycles. The summed E-state index contributed by atoms with van der Waals surface area (Å²) in [4.78, 5) is 19.6. The number of non-ortho nitro benzene ring substituents is 1. The maximum atomic E-state index is 10.9. The number of rotatable bonds is 4. The average Bonchev–Trinajstić information content (AvgIpc) is 2.62. The van der Waals surface area contributed by atoms with Crippen molar-refractivity contribution < 1.29 is 4.92 Å². The summed E-state index contributed by atoms with van der Waals surface area (Å²) in [6, 6.07) is 13.0. The number of piperazine rings is 1. The summed E-state index contributed by atoms with van der Waals surface area (Å²) in [5.41, 5.74) is 1.15. The van der Waals surface area contributed by atoms with Crippen LogP contribution >= 0.6 is 0 Å². The van der Waals surface area contributed by atoms with Gasteiger partial charge in [-0.05, 0) is 24.6 Å². The highest BCUT2D eigenvalue weighted by Crippen LogP contribution is 2.25. The quantitative estimate of drug-likeness (QED) is 0.641. The van der Waals surface area contributed by atoms with E-state index in [-0.39, 0.29) is 16.7 Å². The fraction of sp³-hybridized carbons (Fsp3) is 0.353. The third-order valence-electron chi connectivity index (χ3n) is 4.40. The van der Waals surface area contributed by atoms with E-state index in [0.29, 0.717) is 0 Å². The van der Waals surface area contributed by atoms with Gasteiger partial charge in [0.2, 0.25) is 0 Å². The van der Waals surface area contributed by atoms with Gasteiger partial charge in [-0.25, -0.2) is 4.98 Å². The monoisotopic (exact) mass is 312 g/mol. The maximum absolute atomic E-state index is 10.9. The minimum absolute atomic E-state index is 0.154. The number of pyridine rings is 1. The van der Waals surface area contributed by atoms with Crippen LogP contribution in [0.3, 0.4) is 0 Å². The average molecular weight is 312 g/mol. The molecule has 1 fully saturated rings. The lowest BCUT2D eigenvalue weighted by Crippen LogP contribution is -2.47. The summed E-state index contributed by atoms with van der Waals surface area (Å²) in [6.45, 7) is 5.77. The lowest BCUT2D eigenvalue weighted by atomic mass is 10.1. The molecule has 2 aromatic rings. The van der Waals surface area contributed by atoms with Crippen LogP contribution in [0.25, 0.3) is 0 Å². The van der Waals surface area contributed by atoms with Crippen molar-refractivity contribution in [2.75, 3.05) is 31.1 Å². The van der Waals surface area contributed by atoms with Gasteiger partial charge >= 0.3 is 0 Å². The molecule has 1 aliphatic heterocycles. The second kappa shape index (κ2) is 6.75. The number of benzene rings is 1. The minimum Gasteiger partial charge on any atom is -0.354 e. The van der Waals surface area contributed by atoms with Gasteiger partial charge in [-0.3, -0.25) is 15.0 Å². The van der Waals surface area contributed by atoms with E-state index < -0.39 is 0 Å². The molecule has 1 aromatic carbocycles. The Hall–Kier alpha value is -2.47. The van der Waals surface area contributed by atoms with Crippen molar-refractivity contribution in [1.82, 2.24) is 9.88 Å². The first-order valence-electron chi connectivity index (χ1n) is 7.79. The molecule has 23 heavy (non-hydrogen) atoms. The van der Waals surface area contributed by atoms with Crippen molar-refractivity contribution in [2.45, 2.75) is 13.0 Å². The van der Waals surface area contributed by atoms with E-state index in [2.05, 4.69) is 21.7 Å². The highest BCUT2D eigenvalue weighted by Gasteiger charge is 2.23. The molecule has 0 spiro atoms. The molecule has 1 atom stereocenters. The van der Waals surface area contributed by atoms with Gasteiger partial charge < -0.3 is 4.90 Å². The van der Waals surface area contributed by atoms with Crippen molar-refractivity contribution in [2.24, 2.45) is 0 Å². The first-order chi connectivity index (χ1) is 11.1. The highest BCUT2D eigenvalue weighted by molar-refractivity contribution is 5.39. The van der Waals surface area contributed by atoms with Gasteiger partial charge in [-0.1, -0.05) is 18.2 Å².